The van der Waals surface area contributed by atoms with Crippen LogP contribution in [-0.4, -0.2) is 46.4 Å². The number of amides is 1. The summed E-state index contributed by atoms with van der Waals surface area (Å²) in [5.74, 6) is -0.295. The molecule has 4 heterocycles. The monoisotopic (exact) mass is 392 g/mol. The van der Waals surface area contributed by atoms with Gasteiger partial charge in [-0.15, -0.1) is 11.3 Å². The molecule has 1 N–H and O–H groups in total. The summed E-state index contributed by atoms with van der Waals surface area (Å²) in [6, 6.07) is 11.7. The molecule has 0 unspecified atom stereocenters. The van der Waals surface area contributed by atoms with E-state index >= 15 is 0 Å². The van der Waals surface area contributed by atoms with Crippen LogP contribution in [0.2, 0.25) is 0 Å². The fraction of sp³-hybridized carbons (Fsp3) is 0.286. The molecule has 7 heteroatoms. The lowest BCUT2D eigenvalue weighted by molar-refractivity contribution is 0.0917. The van der Waals surface area contributed by atoms with Crippen molar-refractivity contribution in [2.75, 3.05) is 20.1 Å². The van der Waals surface area contributed by atoms with E-state index in [2.05, 4.69) is 22.2 Å². The topological polar surface area (TPSA) is 66.7 Å². The Morgan fingerprint density at radius 1 is 1.14 bits per heavy atom. The third-order valence-electron chi connectivity index (χ3n) is 5.48. The van der Waals surface area contributed by atoms with Crippen molar-refractivity contribution in [1.82, 2.24) is 19.6 Å². The number of aromatic nitrogens is 2. The number of hydrogen-bond acceptors (Lipinski definition) is 5. The van der Waals surface area contributed by atoms with Gasteiger partial charge in [0.1, 0.15) is 15.9 Å². The van der Waals surface area contributed by atoms with Gasteiger partial charge < -0.3 is 10.2 Å². The standard InChI is InChI=1S/C21H20N4O2S/c1-24-11-8-13(9-12-24)23-20(27)17-19(26)18-15(6-4-10-22-18)25-14-5-2-3-7-16(14)28-21(17)25/h2-7,10,13H,8-9,11-12H2,1H3,(H,23,27). The lowest BCUT2D eigenvalue weighted by Gasteiger charge is -2.29. The van der Waals surface area contributed by atoms with Gasteiger partial charge in [0.05, 0.1) is 15.7 Å². The Morgan fingerprint density at radius 3 is 2.71 bits per heavy atom. The maximum Gasteiger partial charge on any atom is 0.258 e. The number of benzene rings is 1. The maximum absolute atomic E-state index is 13.2. The van der Waals surface area contributed by atoms with Crippen molar-refractivity contribution in [1.29, 1.82) is 0 Å². The van der Waals surface area contributed by atoms with E-state index in [0.717, 1.165) is 41.7 Å². The second-order valence-electron chi connectivity index (χ2n) is 7.34. The van der Waals surface area contributed by atoms with Gasteiger partial charge in [-0.05, 0) is 57.2 Å². The normalized spacial score (nSPS) is 16.2. The predicted molar refractivity (Wildman–Crippen MR) is 112 cm³/mol. The van der Waals surface area contributed by atoms with Crippen molar-refractivity contribution < 1.29 is 4.79 Å². The Kier molecular flexibility index (Phi) is 4.14. The maximum atomic E-state index is 13.2. The van der Waals surface area contributed by atoms with E-state index in [1.807, 2.05) is 40.8 Å². The van der Waals surface area contributed by atoms with Crippen LogP contribution in [0.15, 0.2) is 47.4 Å². The molecule has 0 spiro atoms. The van der Waals surface area contributed by atoms with Crippen LogP contribution < -0.4 is 10.7 Å². The molecule has 0 aliphatic carbocycles. The van der Waals surface area contributed by atoms with Gasteiger partial charge in [0.15, 0.2) is 0 Å². The number of hydrogen-bond donors (Lipinski definition) is 1. The summed E-state index contributed by atoms with van der Waals surface area (Å²) in [5.41, 5.74) is 1.95. The molecule has 5 rings (SSSR count). The number of nitrogens with zero attached hydrogens (tertiary/aromatic N) is 3. The third-order valence-corrected chi connectivity index (χ3v) is 6.63. The summed E-state index contributed by atoms with van der Waals surface area (Å²) in [5, 5.41) is 3.10. The zero-order valence-electron chi connectivity index (χ0n) is 15.5. The summed E-state index contributed by atoms with van der Waals surface area (Å²) >= 11 is 1.47. The minimum Gasteiger partial charge on any atom is -0.349 e. The minimum absolute atomic E-state index is 0.0944. The average molecular weight is 392 g/mol. The Morgan fingerprint density at radius 2 is 1.89 bits per heavy atom. The molecule has 142 valence electrons. The van der Waals surface area contributed by atoms with Crippen molar-refractivity contribution in [3.8, 4) is 0 Å². The lowest BCUT2D eigenvalue weighted by Crippen LogP contribution is -2.44. The molecule has 0 atom stereocenters. The Bertz CT molecular complexity index is 1270. The Labute approximate surface area is 165 Å². The van der Waals surface area contributed by atoms with Crippen molar-refractivity contribution in [3.05, 3.63) is 58.4 Å². The van der Waals surface area contributed by atoms with Crippen LogP contribution in [-0.2, 0) is 0 Å². The highest BCUT2D eigenvalue weighted by Crippen LogP contribution is 2.30. The molecule has 1 saturated heterocycles. The van der Waals surface area contributed by atoms with Crippen LogP contribution in [0.1, 0.15) is 23.2 Å². The highest BCUT2D eigenvalue weighted by molar-refractivity contribution is 7.24. The van der Waals surface area contributed by atoms with E-state index in [1.54, 1.807) is 6.20 Å². The number of piperidine rings is 1. The Hall–Kier alpha value is -2.77. The number of para-hydroxylation sites is 1. The van der Waals surface area contributed by atoms with Crippen molar-refractivity contribution in [2.45, 2.75) is 18.9 Å². The summed E-state index contributed by atoms with van der Waals surface area (Å²) in [6.07, 6.45) is 3.39. The van der Waals surface area contributed by atoms with Crippen molar-refractivity contribution >= 4 is 43.3 Å². The van der Waals surface area contributed by atoms with E-state index in [4.69, 9.17) is 0 Å². The van der Waals surface area contributed by atoms with Gasteiger partial charge in [-0.1, -0.05) is 12.1 Å². The van der Waals surface area contributed by atoms with Gasteiger partial charge in [0.2, 0.25) is 5.43 Å². The van der Waals surface area contributed by atoms with Gasteiger partial charge in [-0.3, -0.25) is 19.0 Å². The van der Waals surface area contributed by atoms with Gasteiger partial charge in [0.25, 0.3) is 5.91 Å². The van der Waals surface area contributed by atoms with Crippen LogP contribution in [0.5, 0.6) is 0 Å². The largest absolute Gasteiger partial charge is 0.349 e. The first-order valence-electron chi connectivity index (χ1n) is 9.44. The highest BCUT2D eigenvalue weighted by Gasteiger charge is 2.25. The summed E-state index contributed by atoms with van der Waals surface area (Å²) in [4.78, 5) is 33.6. The fourth-order valence-electron chi connectivity index (χ4n) is 3.97. The predicted octanol–water partition coefficient (Wildman–Crippen LogP) is 2.89. The molecule has 0 saturated carbocycles. The first-order valence-corrected chi connectivity index (χ1v) is 10.3. The van der Waals surface area contributed by atoms with Crippen LogP contribution in [0.4, 0.5) is 0 Å². The second-order valence-corrected chi connectivity index (χ2v) is 8.37. The van der Waals surface area contributed by atoms with Gasteiger partial charge in [0, 0.05) is 12.2 Å². The summed E-state index contributed by atoms with van der Waals surface area (Å²) in [6.45, 7) is 1.89. The SMILES string of the molecule is CN1CCC(NC(=O)c2c(=O)c3ncccc3n3c2sc2ccccc23)CC1. The molecule has 6 nitrogen and oxygen atoms in total. The zero-order chi connectivity index (χ0) is 19.3. The number of carbonyl (C=O) groups excluding carboxylic acids is 1. The third kappa shape index (κ3) is 2.70. The van der Waals surface area contributed by atoms with E-state index in [0.29, 0.717) is 10.3 Å². The fourth-order valence-corrected chi connectivity index (χ4v) is 5.16. The lowest BCUT2D eigenvalue weighted by atomic mass is 10.0. The van der Waals surface area contributed by atoms with E-state index in [9.17, 15) is 9.59 Å². The van der Waals surface area contributed by atoms with Crippen LogP contribution in [0.25, 0.3) is 26.1 Å². The minimum atomic E-state index is -0.299. The molecule has 4 aromatic rings. The zero-order valence-corrected chi connectivity index (χ0v) is 16.3. The molecule has 1 aliphatic rings. The highest BCUT2D eigenvalue weighted by atomic mass is 32.1. The number of thiazole rings is 1. The number of fused-ring (bicyclic) bond motifs is 5. The van der Waals surface area contributed by atoms with Crippen molar-refractivity contribution in [3.63, 3.8) is 0 Å². The molecule has 28 heavy (non-hydrogen) atoms. The molecule has 0 bridgehead atoms. The molecular formula is C21H20N4O2S. The van der Waals surface area contributed by atoms with E-state index in [-0.39, 0.29) is 22.9 Å². The molecule has 0 radical (unpaired) electrons. The van der Waals surface area contributed by atoms with Crippen LogP contribution in [0, 0.1) is 0 Å². The van der Waals surface area contributed by atoms with Gasteiger partial charge in [-0.2, -0.15) is 0 Å². The van der Waals surface area contributed by atoms with Gasteiger partial charge >= 0.3 is 0 Å². The molecule has 3 aromatic heterocycles. The molecular weight excluding hydrogens is 372 g/mol. The molecule has 1 aliphatic heterocycles. The second kappa shape index (κ2) is 6.68. The van der Waals surface area contributed by atoms with E-state index in [1.165, 1.54) is 11.3 Å². The summed E-state index contributed by atoms with van der Waals surface area (Å²) in [7, 11) is 2.08. The number of pyridine rings is 2. The number of nitrogens with one attached hydrogen (secondary N) is 1. The number of rotatable bonds is 2. The quantitative estimate of drug-likeness (QED) is 0.570. The molecule has 1 amide bonds. The first kappa shape index (κ1) is 17.3. The first-order chi connectivity index (χ1) is 13.6. The van der Waals surface area contributed by atoms with Crippen LogP contribution in [0.3, 0.4) is 0 Å². The van der Waals surface area contributed by atoms with Gasteiger partial charge in [-0.25, -0.2) is 0 Å². The van der Waals surface area contributed by atoms with E-state index < -0.39 is 0 Å². The van der Waals surface area contributed by atoms with Crippen molar-refractivity contribution in [2.24, 2.45) is 0 Å². The smallest absolute Gasteiger partial charge is 0.258 e. The molecule has 1 aromatic carbocycles. The Balaban J connectivity index is 1.72. The number of likely N-dealkylation sites (tertiary alicyclic amines) is 1. The average Bonchev–Trinajstić information content (AvgIpc) is 3.09. The number of carbonyl (C=O) groups is 1. The van der Waals surface area contributed by atoms with Crippen LogP contribution >= 0.6 is 11.3 Å². The summed E-state index contributed by atoms with van der Waals surface area (Å²) < 4.78 is 3.03. The molecule has 1 fully saturated rings.